The van der Waals surface area contributed by atoms with E-state index in [1.807, 2.05) is 0 Å². The van der Waals surface area contributed by atoms with Crippen molar-refractivity contribution in [1.29, 1.82) is 0 Å². The summed E-state index contributed by atoms with van der Waals surface area (Å²) < 4.78 is 0. The summed E-state index contributed by atoms with van der Waals surface area (Å²) in [6, 6.07) is 8.54. The van der Waals surface area contributed by atoms with Gasteiger partial charge in [0.2, 0.25) is 0 Å². The Morgan fingerprint density at radius 2 is 1.94 bits per heavy atom. The van der Waals surface area contributed by atoms with Crippen LogP contribution in [-0.2, 0) is 13.1 Å². The fourth-order valence-corrected chi connectivity index (χ4v) is 2.27. The first-order chi connectivity index (χ1) is 8.33. The van der Waals surface area contributed by atoms with Gasteiger partial charge >= 0.3 is 0 Å². The molecule has 94 valence electrons. The van der Waals surface area contributed by atoms with Gasteiger partial charge in [-0.15, -0.1) is 0 Å². The van der Waals surface area contributed by atoms with Gasteiger partial charge in [0.15, 0.2) is 0 Å². The van der Waals surface area contributed by atoms with Crippen molar-refractivity contribution < 1.29 is 0 Å². The summed E-state index contributed by atoms with van der Waals surface area (Å²) in [5, 5.41) is 0. The fourth-order valence-electron chi connectivity index (χ4n) is 2.27. The van der Waals surface area contributed by atoms with Crippen molar-refractivity contribution in [3.8, 4) is 0 Å². The van der Waals surface area contributed by atoms with Gasteiger partial charge in [-0.3, -0.25) is 4.90 Å². The maximum Gasteiger partial charge on any atom is 0.0236 e. The molecule has 0 heterocycles. The molecule has 0 aliphatic heterocycles. The zero-order chi connectivity index (χ0) is 12.1. The molecule has 1 saturated carbocycles. The first-order valence-corrected chi connectivity index (χ1v) is 6.82. The van der Waals surface area contributed by atoms with E-state index in [2.05, 4.69) is 36.1 Å². The van der Waals surface area contributed by atoms with Crippen molar-refractivity contribution in [3.05, 3.63) is 35.4 Å². The summed E-state index contributed by atoms with van der Waals surface area (Å²) in [7, 11) is 0. The number of nitrogens with two attached hydrogens (primary N) is 1. The summed E-state index contributed by atoms with van der Waals surface area (Å²) in [4.78, 5) is 2.53. The molecule has 1 aliphatic rings. The molecule has 2 N–H and O–H groups in total. The maximum atomic E-state index is 5.78. The van der Waals surface area contributed by atoms with Crippen LogP contribution in [0, 0.1) is 5.92 Å². The van der Waals surface area contributed by atoms with Crippen LogP contribution in [0.25, 0.3) is 0 Å². The molecule has 0 aromatic heterocycles. The lowest BCUT2D eigenvalue weighted by Gasteiger charge is -2.21. The average Bonchev–Trinajstić information content (AvgIpc) is 3.19. The molecule has 0 amide bonds. The monoisotopic (exact) mass is 232 g/mol. The van der Waals surface area contributed by atoms with E-state index in [1.165, 1.54) is 36.9 Å². The van der Waals surface area contributed by atoms with Crippen LogP contribution in [0.2, 0.25) is 0 Å². The first-order valence-electron chi connectivity index (χ1n) is 6.82. The maximum absolute atomic E-state index is 5.78. The molecule has 17 heavy (non-hydrogen) atoms. The summed E-state index contributed by atoms with van der Waals surface area (Å²) in [5.41, 5.74) is 8.47. The Labute approximate surface area is 105 Å². The standard InChI is InChI=1S/C15H24N2/c1-2-17(10-9-13-7-8-13)12-15-6-4-3-5-14(15)11-16/h3-6,13H,2,7-12,16H2,1H3. The summed E-state index contributed by atoms with van der Waals surface area (Å²) in [6.45, 7) is 6.32. The highest BCUT2D eigenvalue weighted by molar-refractivity contribution is 5.26. The largest absolute Gasteiger partial charge is 0.326 e. The Morgan fingerprint density at radius 3 is 2.53 bits per heavy atom. The van der Waals surface area contributed by atoms with Gasteiger partial charge in [-0.1, -0.05) is 44.0 Å². The molecule has 1 aromatic carbocycles. The number of rotatable bonds is 7. The van der Waals surface area contributed by atoms with E-state index < -0.39 is 0 Å². The highest BCUT2D eigenvalue weighted by atomic mass is 15.1. The molecule has 1 fully saturated rings. The van der Waals surface area contributed by atoms with Crippen molar-refractivity contribution >= 4 is 0 Å². The van der Waals surface area contributed by atoms with E-state index >= 15 is 0 Å². The minimum atomic E-state index is 0.649. The number of nitrogens with zero attached hydrogens (tertiary/aromatic N) is 1. The Bertz CT molecular complexity index is 345. The van der Waals surface area contributed by atoms with Crippen LogP contribution < -0.4 is 5.73 Å². The predicted molar refractivity (Wildman–Crippen MR) is 72.6 cm³/mol. The van der Waals surface area contributed by atoms with Gasteiger partial charge in [-0.25, -0.2) is 0 Å². The average molecular weight is 232 g/mol. The zero-order valence-corrected chi connectivity index (χ0v) is 10.9. The third kappa shape index (κ3) is 3.83. The molecule has 0 bridgehead atoms. The second-order valence-corrected chi connectivity index (χ2v) is 5.07. The second kappa shape index (κ2) is 6.18. The molecule has 0 radical (unpaired) electrons. The summed E-state index contributed by atoms with van der Waals surface area (Å²) in [5.74, 6) is 1.02. The van der Waals surface area contributed by atoms with Crippen LogP contribution in [0.15, 0.2) is 24.3 Å². The lowest BCUT2D eigenvalue weighted by molar-refractivity contribution is 0.270. The Kier molecular flexibility index (Phi) is 4.57. The molecule has 0 spiro atoms. The van der Waals surface area contributed by atoms with Crippen molar-refractivity contribution in [2.24, 2.45) is 11.7 Å². The minimum Gasteiger partial charge on any atom is -0.326 e. The van der Waals surface area contributed by atoms with E-state index in [1.54, 1.807) is 0 Å². The molecular weight excluding hydrogens is 208 g/mol. The Hall–Kier alpha value is -0.860. The van der Waals surface area contributed by atoms with Gasteiger partial charge < -0.3 is 5.73 Å². The van der Waals surface area contributed by atoms with E-state index in [0.29, 0.717) is 6.54 Å². The highest BCUT2D eigenvalue weighted by Gasteiger charge is 2.21. The number of benzene rings is 1. The molecule has 0 atom stereocenters. The highest BCUT2D eigenvalue weighted by Crippen LogP contribution is 2.32. The molecule has 2 rings (SSSR count). The summed E-state index contributed by atoms with van der Waals surface area (Å²) in [6.07, 6.45) is 4.28. The van der Waals surface area contributed by atoms with Crippen molar-refractivity contribution in [1.82, 2.24) is 4.90 Å². The van der Waals surface area contributed by atoms with Gasteiger partial charge in [0.25, 0.3) is 0 Å². The van der Waals surface area contributed by atoms with Gasteiger partial charge in [0, 0.05) is 13.1 Å². The van der Waals surface area contributed by atoms with Gasteiger partial charge in [-0.05, 0) is 36.6 Å². The third-order valence-corrected chi connectivity index (χ3v) is 3.73. The molecule has 0 saturated heterocycles. The molecule has 0 unspecified atom stereocenters. The van der Waals surface area contributed by atoms with Crippen molar-refractivity contribution in [2.45, 2.75) is 39.3 Å². The van der Waals surface area contributed by atoms with Gasteiger partial charge in [0.05, 0.1) is 0 Å². The lowest BCUT2D eigenvalue weighted by atomic mass is 10.1. The number of hydrogen-bond donors (Lipinski definition) is 1. The van der Waals surface area contributed by atoms with Crippen LogP contribution in [-0.4, -0.2) is 18.0 Å². The van der Waals surface area contributed by atoms with E-state index in [-0.39, 0.29) is 0 Å². The Morgan fingerprint density at radius 1 is 1.24 bits per heavy atom. The van der Waals surface area contributed by atoms with Crippen LogP contribution in [0.4, 0.5) is 0 Å². The van der Waals surface area contributed by atoms with E-state index in [9.17, 15) is 0 Å². The molecular formula is C15H24N2. The zero-order valence-electron chi connectivity index (χ0n) is 10.9. The van der Waals surface area contributed by atoms with Crippen LogP contribution in [0.3, 0.4) is 0 Å². The van der Waals surface area contributed by atoms with E-state index in [4.69, 9.17) is 5.73 Å². The lowest BCUT2D eigenvalue weighted by Crippen LogP contribution is -2.25. The molecule has 2 heteroatoms. The minimum absolute atomic E-state index is 0.649. The Balaban J connectivity index is 1.91. The van der Waals surface area contributed by atoms with E-state index in [0.717, 1.165) is 19.0 Å². The van der Waals surface area contributed by atoms with Crippen molar-refractivity contribution in [3.63, 3.8) is 0 Å². The van der Waals surface area contributed by atoms with Gasteiger partial charge in [0.1, 0.15) is 0 Å². The smallest absolute Gasteiger partial charge is 0.0236 e. The number of hydrogen-bond acceptors (Lipinski definition) is 2. The van der Waals surface area contributed by atoms with Crippen LogP contribution >= 0.6 is 0 Å². The van der Waals surface area contributed by atoms with Crippen LogP contribution in [0.5, 0.6) is 0 Å². The topological polar surface area (TPSA) is 29.3 Å². The normalized spacial score (nSPS) is 15.5. The third-order valence-electron chi connectivity index (χ3n) is 3.73. The fraction of sp³-hybridized carbons (Fsp3) is 0.600. The quantitative estimate of drug-likeness (QED) is 0.783. The molecule has 1 aromatic rings. The predicted octanol–water partition coefficient (Wildman–Crippen LogP) is 2.77. The molecule has 2 nitrogen and oxygen atoms in total. The van der Waals surface area contributed by atoms with Crippen LogP contribution in [0.1, 0.15) is 37.3 Å². The molecule has 1 aliphatic carbocycles. The summed E-state index contributed by atoms with van der Waals surface area (Å²) >= 11 is 0. The van der Waals surface area contributed by atoms with Crippen molar-refractivity contribution in [2.75, 3.05) is 13.1 Å². The second-order valence-electron chi connectivity index (χ2n) is 5.07. The SMILES string of the molecule is CCN(CCC1CC1)Cc1ccccc1CN. The van der Waals surface area contributed by atoms with Gasteiger partial charge in [-0.2, -0.15) is 0 Å². The first kappa shape index (κ1) is 12.6.